The van der Waals surface area contributed by atoms with Crippen LogP contribution >= 0.6 is 12.4 Å². The third kappa shape index (κ3) is 5.93. The molecule has 0 fully saturated rings. The Morgan fingerprint density at radius 1 is 1.09 bits per heavy atom. The Bertz CT molecular complexity index is 642. The molecule has 0 unspecified atom stereocenters. The van der Waals surface area contributed by atoms with Crippen LogP contribution in [0.5, 0.6) is 5.75 Å². The normalized spacial score (nSPS) is 9.87. The second-order valence-corrected chi connectivity index (χ2v) is 5.29. The van der Waals surface area contributed by atoms with Gasteiger partial charge in [-0.2, -0.15) is 0 Å². The van der Waals surface area contributed by atoms with E-state index in [2.05, 4.69) is 12.2 Å². The number of halogens is 1. The Labute approximate surface area is 143 Å². The quantitative estimate of drug-likeness (QED) is 0.848. The fraction of sp³-hybridized carbons (Fsp3) is 0.278. The molecule has 3 N–H and O–H groups in total. The molecule has 0 aliphatic heterocycles. The van der Waals surface area contributed by atoms with E-state index >= 15 is 0 Å². The van der Waals surface area contributed by atoms with E-state index in [1.165, 1.54) is 11.1 Å². The lowest BCUT2D eigenvalue weighted by molar-refractivity contribution is -0.116. The van der Waals surface area contributed by atoms with E-state index in [4.69, 9.17) is 10.5 Å². The fourth-order valence-electron chi connectivity index (χ4n) is 2.01. The highest BCUT2D eigenvalue weighted by atomic mass is 35.5. The molecule has 0 spiro atoms. The van der Waals surface area contributed by atoms with Crippen LogP contribution in [0, 0.1) is 13.8 Å². The van der Waals surface area contributed by atoms with Crippen molar-refractivity contribution in [2.24, 2.45) is 5.73 Å². The molecule has 0 saturated carbocycles. The van der Waals surface area contributed by atoms with E-state index in [1.807, 2.05) is 49.4 Å². The van der Waals surface area contributed by atoms with Crippen LogP contribution in [0.25, 0.3) is 0 Å². The third-order valence-electron chi connectivity index (χ3n) is 3.55. The number of rotatable bonds is 6. The number of nitrogens with two attached hydrogens (primary N) is 1. The van der Waals surface area contributed by atoms with Gasteiger partial charge in [0.15, 0.2) is 0 Å². The van der Waals surface area contributed by atoms with Crippen LogP contribution in [0.2, 0.25) is 0 Å². The fourth-order valence-corrected chi connectivity index (χ4v) is 2.01. The zero-order valence-electron chi connectivity index (χ0n) is 13.5. The average Bonchev–Trinajstić information content (AvgIpc) is 2.51. The molecule has 2 rings (SSSR count). The van der Waals surface area contributed by atoms with Crippen LogP contribution in [0.3, 0.4) is 0 Å². The van der Waals surface area contributed by atoms with E-state index in [1.54, 1.807) is 0 Å². The van der Waals surface area contributed by atoms with Crippen molar-refractivity contribution in [1.29, 1.82) is 0 Å². The molecule has 0 aliphatic carbocycles. The molecule has 0 saturated heterocycles. The van der Waals surface area contributed by atoms with Crippen molar-refractivity contribution in [2.75, 3.05) is 11.9 Å². The lowest BCUT2D eigenvalue weighted by Gasteiger charge is -2.09. The summed E-state index contributed by atoms with van der Waals surface area (Å²) < 4.78 is 5.61. The maximum Gasteiger partial charge on any atom is 0.227 e. The van der Waals surface area contributed by atoms with Crippen LogP contribution in [0.15, 0.2) is 42.5 Å². The number of benzene rings is 2. The molecule has 2 aromatic carbocycles. The summed E-state index contributed by atoms with van der Waals surface area (Å²) in [5.41, 5.74) is 9.76. The molecule has 0 aromatic heterocycles. The molecule has 0 aliphatic rings. The largest absolute Gasteiger partial charge is 0.493 e. The van der Waals surface area contributed by atoms with Gasteiger partial charge in [0.25, 0.3) is 0 Å². The molecular formula is C18H23ClN2O2. The van der Waals surface area contributed by atoms with Crippen LogP contribution < -0.4 is 15.8 Å². The molecule has 0 heterocycles. The highest BCUT2D eigenvalue weighted by Gasteiger charge is 2.04. The van der Waals surface area contributed by atoms with Gasteiger partial charge in [-0.1, -0.05) is 18.2 Å². The molecule has 1 amide bonds. The number of aryl methyl sites for hydroxylation is 2. The Morgan fingerprint density at radius 2 is 1.78 bits per heavy atom. The highest BCUT2D eigenvalue weighted by Crippen LogP contribution is 2.16. The summed E-state index contributed by atoms with van der Waals surface area (Å²) in [6, 6.07) is 13.4. The minimum absolute atomic E-state index is 0. The zero-order chi connectivity index (χ0) is 15.9. The van der Waals surface area contributed by atoms with Gasteiger partial charge in [-0.05, 0) is 54.8 Å². The molecule has 0 bridgehead atoms. The highest BCUT2D eigenvalue weighted by molar-refractivity contribution is 5.90. The Hall–Kier alpha value is -2.04. The van der Waals surface area contributed by atoms with E-state index < -0.39 is 0 Å². The van der Waals surface area contributed by atoms with Crippen LogP contribution in [-0.2, 0) is 11.3 Å². The average molecular weight is 335 g/mol. The van der Waals surface area contributed by atoms with E-state index in [0.717, 1.165) is 17.0 Å². The number of amides is 1. The molecule has 0 atom stereocenters. The molecule has 124 valence electrons. The summed E-state index contributed by atoms with van der Waals surface area (Å²) >= 11 is 0. The molecular weight excluding hydrogens is 312 g/mol. The summed E-state index contributed by atoms with van der Waals surface area (Å²) in [7, 11) is 0. The van der Waals surface area contributed by atoms with Gasteiger partial charge in [-0.25, -0.2) is 0 Å². The maximum absolute atomic E-state index is 11.9. The van der Waals surface area contributed by atoms with Gasteiger partial charge in [0.2, 0.25) is 5.91 Å². The van der Waals surface area contributed by atoms with Gasteiger partial charge in [-0.15, -0.1) is 12.4 Å². The minimum atomic E-state index is -0.0654. The van der Waals surface area contributed by atoms with Gasteiger partial charge < -0.3 is 15.8 Å². The van der Waals surface area contributed by atoms with Gasteiger partial charge in [0.1, 0.15) is 5.75 Å². The van der Waals surface area contributed by atoms with Crippen molar-refractivity contribution in [1.82, 2.24) is 0 Å². The van der Waals surface area contributed by atoms with Crippen LogP contribution in [0.4, 0.5) is 5.69 Å². The first kappa shape index (κ1) is 19.0. The zero-order valence-corrected chi connectivity index (χ0v) is 14.3. The molecule has 23 heavy (non-hydrogen) atoms. The number of carbonyl (C=O) groups is 1. The number of hydrogen-bond acceptors (Lipinski definition) is 3. The second kappa shape index (κ2) is 9.18. The lowest BCUT2D eigenvalue weighted by atomic mass is 10.1. The summed E-state index contributed by atoms with van der Waals surface area (Å²) in [6.07, 6.45) is 0.311. The number of hydrogen-bond donors (Lipinski definition) is 2. The van der Waals surface area contributed by atoms with Crippen molar-refractivity contribution >= 4 is 24.0 Å². The Kier molecular flexibility index (Phi) is 7.59. The Balaban J connectivity index is 0.00000264. The monoisotopic (exact) mass is 334 g/mol. The van der Waals surface area contributed by atoms with Crippen molar-refractivity contribution in [3.63, 3.8) is 0 Å². The number of anilines is 1. The summed E-state index contributed by atoms with van der Waals surface area (Å²) in [4.78, 5) is 11.9. The molecule has 0 radical (unpaired) electrons. The lowest BCUT2D eigenvalue weighted by Crippen LogP contribution is -2.15. The van der Waals surface area contributed by atoms with Gasteiger partial charge in [0.05, 0.1) is 13.0 Å². The SMILES string of the molecule is Cc1ccc(OCCC(=O)Nc2ccc(CN)cc2)cc1C.Cl. The first-order valence-electron chi connectivity index (χ1n) is 7.37. The van der Waals surface area contributed by atoms with Crippen molar-refractivity contribution in [3.8, 4) is 5.75 Å². The van der Waals surface area contributed by atoms with Gasteiger partial charge in [-0.3, -0.25) is 4.79 Å². The maximum atomic E-state index is 11.9. The topological polar surface area (TPSA) is 64.3 Å². The Morgan fingerprint density at radius 3 is 2.39 bits per heavy atom. The van der Waals surface area contributed by atoms with Crippen molar-refractivity contribution in [3.05, 3.63) is 59.2 Å². The molecule has 4 nitrogen and oxygen atoms in total. The van der Waals surface area contributed by atoms with E-state index in [-0.39, 0.29) is 18.3 Å². The summed E-state index contributed by atoms with van der Waals surface area (Å²) in [6.45, 7) is 4.95. The molecule has 5 heteroatoms. The second-order valence-electron chi connectivity index (χ2n) is 5.29. The predicted molar refractivity (Wildman–Crippen MR) is 96.2 cm³/mol. The third-order valence-corrected chi connectivity index (χ3v) is 3.55. The van der Waals surface area contributed by atoms with Crippen molar-refractivity contribution < 1.29 is 9.53 Å². The minimum Gasteiger partial charge on any atom is -0.493 e. The van der Waals surface area contributed by atoms with Gasteiger partial charge in [0, 0.05) is 12.2 Å². The standard InChI is InChI=1S/C18H22N2O2.ClH/c1-13-3-8-17(11-14(13)2)22-10-9-18(21)20-16-6-4-15(12-19)5-7-16;/h3-8,11H,9-10,12,19H2,1-2H3,(H,20,21);1H. The summed E-state index contributed by atoms with van der Waals surface area (Å²) in [5.74, 6) is 0.729. The number of nitrogens with one attached hydrogen (secondary N) is 1. The van der Waals surface area contributed by atoms with Gasteiger partial charge >= 0.3 is 0 Å². The predicted octanol–water partition coefficient (Wildman–Crippen LogP) is 3.59. The van der Waals surface area contributed by atoms with Crippen molar-refractivity contribution in [2.45, 2.75) is 26.8 Å². The summed E-state index contributed by atoms with van der Waals surface area (Å²) in [5, 5.41) is 2.84. The van der Waals surface area contributed by atoms with Crippen LogP contribution in [-0.4, -0.2) is 12.5 Å². The van der Waals surface area contributed by atoms with E-state index in [0.29, 0.717) is 19.6 Å². The smallest absolute Gasteiger partial charge is 0.227 e. The number of carbonyl (C=O) groups excluding carboxylic acids is 1. The van der Waals surface area contributed by atoms with Crippen LogP contribution in [0.1, 0.15) is 23.1 Å². The first-order chi connectivity index (χ1) is 10.6. The first-order valence-corrected chi connectivity index (χ1v) is 7.37. The number of ether oxygens (including phenoxy) is 1. The van der Waals surface area contributed by atoms with E-state index in [9.17, 15) is 4.79 Å². The molecule has 2 aromatic rings.